The normalized spacial score (nSPS) is 24.7. The number of carbonyl (C=O) groups is 1. The monoisotopic (exact) mass is 241 g/mol. The van der Waals surface area contributed by atoms with Crippen molar-refractivity contribution in [3.63, 3.8) is 0 Å². The largest absolute Gasteiger partial charge is 0.479 e. The zero-order chi connectivity index (χ0) is 12.5. The van der Waals surface area contributed by atoms with Gasteiger partial charge < -0.3 is 10.0 Å². The molecule has 1 fully saturated rings. The molecule has 1 saturated heterocycles. The number of carboxylic acid groups (broad SMARTS) is 1. The Morgan fingerprint density at radius 3 is 2.76 bits per heavy atom. The predicted octanol–water partition coefficient (Wildman–Crippen LogP) is 2.22. The lowest BCUT2D eigenvalue weighted by molar-refractivity contribution is -0.151. The van der Waals surface area contributed by atoms with Crippen LogP contribution in [0.5, 0.6) is 0 Å². The van der Waals surface area contributed by atoms with Crippen LogP contribution in [0.3, 0.4) is 0 Å². The molecule has 1 unspecified atom stereocenters. The molecule has 92 valence electrons. The number of nitrogens with zero attached hydrogens (tertiary/aromatic N) is 1. The average Bonchev–Trinajstić information content (AvgIpc) is 2.29. The van der Waals surface area contributed by atoms with Crippen molar-refractivity contribution in [2.24, 2.45) is 0 Å². The van der Waals surface area contributed by atoms with E-state index in [0.29, 0.717) is 13.0 Å². The molecule has 1 atom stereocenters. The average molecular weight is 241 g/mol. The summed E-state index contributed by atoms with van der Waals surface area (Å²) < 4.78 is 27.5. The van der Waals surface area contributed by atoms with Crippen molar-refractivity contribution in [2.75, 3.05) is 18.0 Å². The molecular weight excluding hydrogens is 228 g/mol. The molecule has 1 aromatic rings. The van der Waals surface area contributed by atoms with Gasteiger partial charge in [0.25, 0.3) is 0 Å². The number of carboxylic acids is 1. The van der Waals surface area contributed by atoms with Gasteiger partial charge in [0.2, 0.25) is 5.67 Å². The van der Waals surface area contributed by atoms with Gasteiger partial charge in [-0.15, -0.1) is 0 Å². The first-order valence-electron chi connectivity index (χ1n) is 5.45. The predicted molar refractivity (Wildman–Crippen MR) is 59.3 cm³/mol. The Hall–Kier alpha value is -1.65. The fraction of sp³-hybridized carbons (Fsp3) is 0.417. The fourth-order valence-electron chi connectivity index (χ4n) is 2.10. The van der Waals surface area contributed by atoms with Crippen molar-refractivity contribution >= 4 is 11.7 Å². The molecule has 1 aliphatic rings. The molecule has 1 aromatic carbocycles. The third kappa shape index (κ3) is 2.23. The number of hydrogen-bond acceptors (Lipinski definition) is 2. The molecule has 0 radical (unpaired) electrons. The zero-order valence-electron chi connectivity index (χ0n) is 9.20. The number of hydrogen-bond donors (Lipinski definition) is 1. The Balaban J connectivity index is 2.24. The highest BCUT2D eigenvalue weighted by Crippen LogP contribution is 2.30. The zero-order valence-corrected chi connectivity index (χ0v) is 9.20. The van der Waals surface area contributed by atoms with Crippen LogP contribution in [-0.2, 0) is 4.79 Å². The number of anilines is 1. The number of para-hydroxylation sites is 1. The van der Waals surface area contributed by atoms with E-state index >= 15 is 0 Å². The molecule has 1 N–H and O–H groups in total. The van der Waals surface area contributed by atoms with E-state index in [1.807, 2.05) is 0 Å². The third-order valence-electron chi connectivity index (χ3n) is 3.02. The van der Waals surface area contributed by atoms with E-state index in [4.69, 9.17) is 5.11 Å². The molecule has 5 heteroatoms. The first kappa shape index (κ1) is 11.8. The van der Waals surface area contributed by atoms with Crippen molar-refractivity contribution < 1.29 is 18.7 Å². The van der Waals surface area contributed by atoms with E-state index in [1.165, 1.54) is 17.0 Å². The third-order valence-corrected chi connectivity index (χ3v) is 3.02. The van der Waals surface area contributed by atoms with Crippen molar-refractivity contribution in [3.05, 3.63) is 30.1 Å². The number of benzene rings is 1. The van der Waals surface area contributed by atoms with E-state index in [1.54, 1.807) is 12.1 Å². The van der Waals surface area contributed by atoms with Gasteiger partial charge in [-0.05, 0) is 25.0 Å². The molecule has 0 spiro atoms. The lowest BCUT2D eigenvalue weighted by Crippen LogP contribution is -2.50. The maximum Gasteiger partial charge on any atom is 0.343 e. The summed E-state index contributed by atoms with van der Waals surface area (Å²) in [4.78, 5) is 12.3. The van der Waals surface area contributed by atoms with Gasteiger partial charge in [0, 0.05) is 6.54 Å². The van der Waals surface area contributed by atoms with Crippen LogP contribution < -0.4 is 4.90 Å². The van der Waals surface area contributed by atoms with Gasteiger partial charge in [-0.25, -0.2) is 13.6 Å². The molecule has 1 heterocycles. The highest BCUT2D eigenvalue weighted by Gasteiger charge is 2.43. The van der Waals surface area contributed by atoms with E-state index in [9.17, 15) is 13.6 Å². The lowest BCUT2D eigenvalue weighted by atomic mass is 9.94. The van der Waals surface area contributed by atoms with Crippen LogP contribution >= 0.6 is 0 Å². The van der Waals surface area contributed by atoms with Crippen molar-refractivity contribution in [1.29, 1.82) is 0 Å². The number of alkyl halides is 1. The van der Waals surface area contributed by atoms with E-state index in [-0.39, 0.29) is 18.7 Å². The van der Waals surface area contributed by atoms with Crippen molar-refractivity contribution in [3.8, 4) is 0 Å². The summed E-state index contributed by atoms with van der Waals surface area (Å²) in [5, 5.41) is 8.84. The fourth-order valence-corrected chi connectivity index (χ4v) is 2.10. The second kappa shape index (κ2) is 4.31. The highest BCUT2D eigenvalue weighted by molar-refractivity contribution is 5.78. The minimum atomic E-state index is -2.28. The Morgan fingerprint density at radius 1 is 1.41 bits per heavy atom. The molecule has 0 aliphatic carbocycles. The summed E-state index contributed by atoms with van der Waals surface area (Å²) in [6, 6.07) is 6.00. The van der Waals surface area contributed by atoms with Gasteiger partial charge in [0.05, 0.1) is 12.2 Å². The van der Waals surface area contributed by atoms with Crippen molar-refractivity contribution in [2.45, 2.75) is 18.5 Å². The van der Waals surface area contributed by atoms with Crippen LogP contribution in [0.2, 0.25) is 0 Å². The summed E-state index contributed by atoms with van der Waals surface area (Å²) >= 11 is 0. The van der Waals surface area contributed by atoms with Crippen LogP contribution in [0.15, 0.2) is 24.3 Å². The molecule has 0 amide bonds. The van der Waals surface area contributed by atoms with E-state index in [0.717, 1.165) is 0 Å². The van der Waals surface area contributed by atoms with Gasteiger partial charge >= 0.3 is 5.97 Å². The quantitative estimate of drug-likeness (QED) is 0.863. The molecule has 17 heavy (non-hydrogen) atoms. The van der Waals surface area contributed by atoms with Crippen LogP contribution in [0, 0.1) is 5.82 Å². The Morgan fingerprint density at radius 2 is 2.12 bits per heavy atom. The first-order valence-corrected chi connectivity index (χ1v) is 5.45. The van der Waals surface area contributed by atoms with Gasteiger partial charge in [-0.2, -0.15) is 0 Å². The Bertz CT molecular complexity index is 438. The first-order chi connectivity index (χ1) is 8.03. The summed E-state index contributed by atoms with van der Waals surface area (Å²) in [5.74, 6) is -1.93. The summed E-state index contributed by atoms with van der Waals surface area (Å²) in [6.45, 7) is 0.170. The SMILES string of the molecule is O=C(O)C1(F)CCCN(c2ccccc2F)C1. The molecule has 3 nitrogen and oxygen atoms in total. The molecule has 0 saturated carbocycles. The standard InChI is InChI=1S/C12H13F2NO2/c13-9-4-1-2-5-10(9)15-7-3-6-12(14,8-15)11(16)17/h1-2,4-5H,3,6-8H2,(H,16,17). The lowest BCUT2D eigenvalue weighted by Gasteiger charge is -2.36. The van der Waals surface area contributed by atoms with Crippen LogP contribution in [0.25, 0.3) is 0 Å². The number of halogens is 2. The summed E-state index contributed by atoms with van der Waals surface area (Å²) in [7, 11) is 0. The van der Waals surface area contributed by atoms with Crippen LogP contribution in [0.4, 0.5) is 14.5 Å². The molecule has 0 aromatic heterocycles. The maximum absolute atomic E-state index is 14.0. The van der Waals surface area contributed by atoms with Crippen LogP contribution in [-0.4, -0.2) is 29.8 Å². The highest BCUT2D eigenvalue weighted by atomic mass is 19.1. The Labute approximate surface area is 97.7 Å². The maximum atomic E-state index is 14.0. The minimum Gasteiger partial charge on any atom is -0.479 e. The van der Waals surface area contributed by atoms with Gasteiger partial charge in [-0.3, -0.25) is 0 Å². The molecule has 1 aliphatic heterocycles. The van der Waals surface area contributed by atoms with E-state index in [2.05, 4.69) is 0 Å². The summed E-state index contributed by atoms with van der Waals surface area (Å²) in [5.41, 5.74) is -2.02. The van der Waals surface area contributed by atoms with Crippen LogP contribution in [0.1, 0.15) is 12.8 Å². The topological polar surface area (TPSA) is 40.5 Å². The molecule has 2 rings (SSSR count). The summed E-state index contributed by atoms with van der Waals surface area (Å²) in [6.07, 6.45) is 0.379. The van der Waals surface area contributed by atoms with Gasteiger partial charge in [0.1, 0.15) is 5.82 Å². The van der Waals surface area contributed by atoms with Gasteiger partial charge in [0.15, 0.2) is 0 Å². The second-order valence-electron chi connectivity index (χ2n) is 4.25. The number of piperidine rings is 1. The van der Waals surface area contributed by atoms with Gasteiger partial charge in [-0.1, -0.05) is 12.1 Å². The van der Waals surface area contributed by atoms with E-state index < -0.39 is 17.5 Å². The second-order valence-corrected chi connectivity index (χ2v) is 4.25. The molecular formula is C12H13F2NO2. The van der Waals surface area contributed by atoms with Crippen molar-refractivity contribution in [1.82, 2.24) is 0 Å². The molecule has 0 bridgehead atoms. The number of rotatable bonds is 2. The smallest absolute Gasteiger partial charge is 0.343 e. The Kier molecular flexibility index (Phi) is 3.00. The number of aliphatic carboxylic acids is 1. The minimum absolute atomic E-state index is 0.0205.